The van der Waals surface area contributed by atoms with Crippen LogP contribution in [-0.2, 0) is 0 Å². The second-order valence-electron chi connectivity index (χ2n) is 3.49. The van der Waals surface area contributed by atoms with E-state index in [2.05, 4.69) is 15.9 Å². The largest absolute Gasteiger partial charge is 0.486 e. The number of hydrogen-bond acceptors (Lipinski definition) is 1. The first-order valence-electron chi connectivity index (χ1n) is 4.35. The molecule has 0 bridgehead atoms. The van der Waals surface area contributed by atoms with Crippen molar-refractivity contribution in [2.75, 3.05) is 5.33 Å². The number of rotatable bonds is 3. The molecule has 0 aliphatic heterocycles. The monoisotopic (exact) mass is 294 g/mol. The number of alkyl halides is 1. The summed E-state index contributed by atoms with van der Waals surface area (Å²) in [4.78, 5) is 0. The first-order valence-corrected chi connectivity index (χ1v) is 6.23. The van der Waals surface area contributed by atoms with Crippen LogP contribution in [0.5, 0.6) is 5.75 Å². The number of ether oxygens (including phenoxy) is 1. The van der Waals surface area contributed by atoms with Crippen molar-refractivity contribution in [2.45, 2.75) is 18.4 Å². The maximum absolute atomic E-state index is 5.88. The molecule has 1 aromatic rings. The van der Waals surface area contributed by atoms with Gasteiger partial charge in [0.2, 0.25) is 0 Å². The smallest absolute Gasteiger partial charge is 0.121 e. The van der Waals surface area contributed by atoms with E-state index in [1.54, 1.807) is 12.1 Å². The van der Waals surface area contributed by atoms with Crippen LogP contribution >= 0.6 is 39.1 Å². The van der Waals surface area contributed by atoms with Gasteiger partial charge in [-0.05, 0) is 25.0 Å². The molecule has 76 valence electrons. The van der Waals surface area contributed by atoms with Crippen LogP contribution < -0.4 is 4.74 Å². The average molecular weight is 296 g/mol. The molecule has 0 atom stereocenters. The molecular weight excluding hydrogens is 287 g/mol. The van der Waals surface area contributed by atoms with Gasteiger partial charge < -0.3 is 4.74 Å². The van der Waals surface area contributed by atoms with Crippen LogP contribution in [0.1, 0.15) is 12.8 Å². The summed E-state index contributed by atoms with van der Waals surface area (Å²) in [6.45, 7) is 0. The van der Waals surface area contributed by atoms with Gasteiger partial charge in [-0.1, -0.05) is 39.1 Å². The first-order chi connectivity index (χ1) is 6.65. The third-order valence-corrected chi connectivity index (χ3v) is 4.04. The molecule has 0 aromatic heterocycles. The molecule has 14 heavy (non-hydrogen) atoms. The highest BCUT2D eigenvalue weighted by atomic mass is 79.9. The van der Waals surface area contributed by atoms with Crippen LogP contribution in [0, 0.1) is 0 Å². The average Bonchev–Trinajstić information content (AvgIpc) is 2.93. The van der Waals surface area contributed by atoms with Crippen LogP contribution in [0.2, 0.25) is 10.0 Å². The molecule has 0 spiro atoms. The lowest BCUT2D eigenvalue weighted by Gasteiger charge is -2.15. The van der Waals surface area contributed by atoms with E-state index in [-0.39, 0.29) is 5.60 Å². The summed E-state index contributed by atoms with van der Waals surface area (Å²) >= 11 is 15.1. The fourth-order valence-electron chi connectivity index (χ4n) is 1.19. The Balaban J connectivity index is 2.14. The molecular formula is C10H9BrCl2O. The summed E-state index contributed by atoms with van der Waals surface area (Å²) < 4.78 is 5.81. The van der Waals surface area contributed by atoms with Crippen molar-refractivity contribution in [1.29, 1.82) is 0 Å². The van der Waals surface area contributed by atoms with Crippen molar-refractivity contribution >= 4 is 39.1 Å². The predicted molar refractivity (Wildman–Crippen MR) is 62.8 cm³/mol. The molecule has 1 aliphatic carbocycles. The van der Waals surface area contributed by atoms with E-state index in [4.69, 9.17) is 27.9 Å². The van der Waals surface area contributed by atoms with Crippen molar-refractivity contribution < 1.29 is 4.74 Å². The van der Waals surface area contributed by atoms with Gasteiger partial charge in [-0.3, -0.25) is 0 Å². The molecule has 4 heteroatoms. The lowest BCUT2D eigenvalue weighted by molar-refractivity contribution is 0.206. The second kappa shape index (κ2) is 3.92. The topological polar surface area (TPSA) is 9.23 Å². The maximum atomic E-state index is 5.88. The SMILES string of the molecule is Clc1ccc(OC2(CBr)CC2)cc1Cl. The summed E-state index contributed by atoms with van der Waals surface area (Å²) in [5, 5.41) is 1.96. The number of halogens is 3. The van der Waals surface area contributed by atoms with E-state index in [0.29, 0.717) is 10.0 Å². The van der Waals surface area contributed by atoms with Crippen molar-refractivity contribution in [1.82, 2.24) is 0 Å². The lowest BCUT2D eigenvalue weighted by Crippen LogP contribution is -2.19. The predicted octanol–water partition coefficient (Wildman–Crippen LogP) is 4.30. The Hall–Kier alpha value is 0.0800. The van der Waals surface area contributed by atoms with E-state index < -0.39 is 0 Å². The first kappa shape index (κ1) is 10.6. The molecule has 0 saturated heterocycles. The Labute approximate surface area is 101 Å². The van der Waals surface area contributed by atoms with E-state index in [1.807, 2.05) is 6.07 Å². The van der Waals surface area contributed by atoms with Crippen LogP contribution in [0.3, 0.4) is 0 Å². The summed E-state index contributed by atoms with van der Waals surface area (Å²) in [6.07, 6.45) is 2.19. The zero-order valence-electron chi connectivity index (χ0n) is 7.40. The van der Waals surface area contributed by atoms with Crippen molar-refractivity contribution in [3.8, 4) is 5.75 Å². The van der Waals surface area contributed by atoms with Crippen LogP contribution in [0.15, 0.2) is 18.2 Å². The highest BCUT2D eigenvalue weighted by Gasteiger charge is 2.44. The number of benzene rings is 1. The molecule has 0 radical (unpaired) electrons. The Morgan fingerprint density at radius 1 is 1.29 bits per heavy atom. The van der Waals surface area contributed by atoms with Gasteiger partial charge in [-0.2, -0.15) is 0 Å². The highest BCUT2D eigenvalue weighted by Crippen LogP contribution is 2.42. The molecule has 1 aliphatic rings. The quantitative estimate of drug-likeness (QED) is 0.756. The molecule has 2 rings (SSSR count). The molecule has 0 unspecified atom stereocenters. The summed E-state index contributed by atoms with van der Waals surface area (Å²) in [7, 11) is 0. The maximum Gasteiger partial charge on any atom is 0.121 e. The fraction of sp³-hybridized carbons (Fsp3) is 0.400. The molecule has 1 nitrogen and oxygen atoms in total. The van der Waals surface area contributed by atoms with Gasteiger partial charge in [0.25, 0.3) is 0 Å². The van der Waals surface area contributed by atoms with Gasteiger partial charge in [0.05, 0.1) is 10.0 Å². The van der Waals surface area contributed by atoms with E-state index in [9.17, 15) is 0 Å². The standard InChI is InChI=1S/C10H9BrCl2O/c11-6-10(3-4-10)14-7-1-2-8(12)9(13)5-7/h1-2,5H,3-4,6H2. The second-order valence-corrected chi connectivity index (χ2v) is 4.87. The van der Waals surface area contributed by atoms with Crippen molar-refractivity contribution in [3.05, 3.63) is 28.2 Å². The Bertz CT molecular complexity index is 350. The van der Waals surface area contributed by atoms with Gasteiger partial charge in [-0.15, -0.1) is 0 Å². The van der Waals surface area contributed by atoms with Gasteiger partial charge in [0.1, 0.15) is 11.4 Å². The summed E-state index contributed by atoms with van der Waals surface area (Å²) in [6, 6.07) is 5.35. The van der Waals surface area contributed by atoms with Crippen LogP contribution in [0.25, 0.3) is 0 Å². The van der Waals surface area contributed by atoms with Gasteiger partial charge in [0, 0.05) is 11.4 Å². The highest BCUT2D eigenvalue weighted by molar-refractivity contribution is 9.09. The fourth-order valence-corrected chi connectivity index (χ4v) is 2.16. The Morgan fingerprint density at radius 3 is 2.50 bits per heavy atom. The van der Waals surface area contributed by atoms with E-state index >= 15 is 0 Å². The molecule has 1 aromatic carbocycles. The lowest BCUT2D eigenvalue weighted by atomic mass is 10.3. The van der Waals surface area contributed by atoms with Gasteiger partial charge in [-0.25, -0.2) is 0 Å². The third-order valence-electron chi connectivity index (χ3n) is 2.28. The minimum atomic E-state index is -0.00282. The minimum absolute atomic E-state index is 0.00282. The Morgan fingerprint density at radius 2 is 2.00 bits per heavy atom. The Kier molecular flexibility index (Phi) is 2.96. The third kappa shape index (κ3) is 2.18. The normalized spacial score (nSPS) is 17.9. The molecule has 1 saturated carbocycles. The zero-order chi connectivity index (χ0) is 10.2. The molecule has 0 heterocycles. The summed E-state index contributed by atoms with van der Waals surface area (Å²) in [5.41, 5.74) is -0.00282. The molecule has 0 N–H and O–H groups in total. The van der Waals surface area contributed by atoms with E-state index in [1.165, 1.54) is 0 Å². The molecule has 0 amide bonds. The zero-order valence-corrected chi connectivity index (χ0v) is 10.5. The minimum Gasteiger partial charge on any atom is -0.486 e. The van der Waals surface area contributed by atoms with Crippen LogP contribution in [-0.4, -0.2) is 10.9 Å². The van der Waals surface area contributed by atoms with Crippen LogP contribution in [0.4, 0.5) is 0 Å². The van der Waals surface area contributed by atoms with Gasteiger partial charge in [0.15, 0.2) is 0 Å². The van der Waals surface area contributed by atoms with E-state index in [0.717, 1.165) is 23.9 Å². The van der Waals surface area contributed by atoms with Crippen molar-refractivity contribution in [3.63, 3.8) is 0 Å². The van der Waals surface area contributed by atoms with Crippen molar-refractivity contribution in [2.24, 2.45) is 0 Å². The summed E-state index contributed by atoms with van der Waals surface area (Å²) in [5.74, 6) is 0.788. The molecule has 1 fully saturated rings. The number of hydrogen-bond donors (Lipinski definition) is 0. The van der Waals surface area contributed by atoms with Gasteiger partial charge >= 0.3 is 0 Å².